The van der Waals surface area contributed by atoms with Gasteiger partial charge in [-0.2, -0.15) is 0 Å². The standard InChI is InChI=1S/C52H46O8/c1-54-51(41-25-15-6-16-26-41)52(53)60-49-32-44-46(57-35-39-21-11-4-12-22-39)30-43(55-33-37-17-7-2-8-18-37)31-47(44)59-50(49)42-27-28-45(56-34-38-19-9-3-10-20-38)48(29-42)58-36-40-23-13-5-14-24-40/h2-31,49-51H,32-36H2,1H3/t49-,50?,51-/m1/s1. The second-order valence-electron chi connectivity index (χ2n) is 14.4. The molecule has 0 spiro atoms. The van der Waals surface area contributed by atoms with E-state index in [0.29, 0.717) is 60.7 Å². The Hall–Kier alpha value is -7.03. The van der Waals surface area contributed by atoms with Gasteiger partial charge in [-0.1, -0.05) is 158 Å². The lowest BCUT2D eigenvalue weighted by molar-refractivity contribution is -0.167. The average Bonchev–Trinajstić information content (AvgIpc) is 3.30. The van der Waals surface area contributed by atoms with Gasteiger partial charge in [-0.05, 0) is 39.9 Å². The fourth-order valence-corrected chi connectivity index (χ4v) is 7.11. The molecule has 1 aliphatic heterocycles. The van der Waals surface area contributed by atoms with E-state index in [1.165, 1.54) is 7.11 Å². The number of carbonyl (C=O) groups is 1. The molecule has 7 aromatic carbocycles. The molecule has 0 bridgehead atoms. The van der Waals surface area contributed by atoms with Gasteiger partial charge in [0.2, 0.25) is 0 Å². The SMILES string of the molecule is CO[C@@H](C(=O)O[C@@H]1Cc2c(OCc3ccccc3)cc(OCc3ccccc3)cc2OC1c1ccc(OCc2ccccc2)c(OCc2ccccc2)c1)c1ccccc1. The molecule has 8 heteroatoms. The molecule has 3 atom stereocenters. The summed E-state index contributed by atoms with van der Waals surface area (Å²) in [4.78, 5) is 14.1. The van der Waals surface area contributed by atoms with Gasteiger partial charge < -0.3 is 33.2 Å². The first-order valence-electron chi connectivity index (χ1n) is 20.0. The summed E-state index contributed by atoms with van der Waals surface area (Å²) < 4.78 is 44.8. The monoisotopic (exact) mass is 798 g/mol. The van der Waals surface area contributed by atoms with Crippen molar-refractivity contribution in [2.45, 2.75) is 51.2 Å². The van der Waals surface area contributed by atoms with Crippen molar-refractivity contribution < 1.29 is 38.0 Å². The summed E-state index contributed by atoms with van der Waals surface area (Å²) in [6, 6.07) is 58.6. The minimum Gasteiger partial charge on any atom is -0.489 e. The van der Waals surface area contributed by atoms with Crippen molar-refractivity contribution >= 4 is 5.97 Å². The first kappa shape index (κ1) is 39.8. The second kappa shape index (κ2) is 19.6. The Kier molecular flexibility index (Phi) is 13.0. The highest BCUT2D eigenvalue weighted by Gasteiger charge is 2.39. The summed E-state index contributed by atoms with van der Waals surface area (Å²) >= 11 is 0. The minimum absolute atomic E-state index is 0.284. The third-order valence-corrected chi connectivity index (χ3v) is 10.2. The Balaban J connectivity index is 1.16. The molecule has 1 aliphatic rings. The van der Waals surface area contributed by atoms with E-state index in [-0.39, 0.29) is 6.42 Å². The van der Waals surface area contributed by atoms with Gasteiger partial charge in [0, 0.05) is 36.8 Å². The second-order valence-corrected chi connectivity index (χ2v) is 14.4. The summed E-state index contributed by atoms with van der Waals surface area (Å²) in [5.41, 5.74) is 6.22. The Morgan fingerprint density at radius 2 is 1.03 bits per heavy atom. The van der Waals surface area contributed by atoms with E-state index in [1.807, 2.05) is 182 Å². The zero-order valence-electron chi connectivity index (χ0n) is 33.4. The molecule has 8 nitrogen and oxygen atoms in total. The first-order valence-corrected chi connectivity index (χ1v) is 20.0. The highest BCUT2D eigenvalue weighted by atomic mass is 16.6. The largest absolute Gasteiger partial charge is 0.489 e. The van der Waals surface area contributed by atoms with Crippen LogP contribution in [0.5, 0.6) is 28.7 Å². The highest BCUT2D eigenvalue weighted by Crippen LogP contribution is 2.45. The van der Waals surface area contributed by atoms with Crippen molar-refractivity contribution in [3.63, 3.8) is 0 Å². The van der Waals surface area contributed by atoms with Crippen LogP contribution in [-0.4, -0.2) is 19.2 Å². The van der Waals surface area contributed by atoms with E-state index >= 15 is 0 Å². The molecule has 7 aromatic rings. The minimum atomic E-state index is -0.950. The number of methoxy groups -OCH3 is 1. The quantitative estimate of drug-likeness (QED) is 0.0843. The van der Waals surface area contributed by atoms with Gasteiger partial charge >= 0.3 is 5.97 Å². The van der Waals surface area contributed by atoms with E-state index in [4.69, 9.17) is 33.2 Å². The third kappa shape index (κ3) is 10.2. The molecule has 1 unspecified atom stereocenters. The number of rotatable bonds is 17. The van der Waals surface area contributed by atoms with E-state index in [1.54, 1.807) is 0 Å². The lowest BCUT2D eigenvalue weighted by Crippen LogP contribution is -2.36. The van der Waals surface area contributed by atoms with Gasteiger partial charge in [0.25, 0.3) is 0 Å². The van der Waals surface area contributed by atoms with E-state index in [2.05, 4.69) is 0 Å². The molecule has 0 radical (unpaired) electrons. The van der Waals surface area contributed by atoms with E-state index in [0.717, 1.165) is 33.4 Å². The van der Waals surface area contributed by atoms with Crippen molar-refractivity contribution in [2.24, 2.45) is 0 Å². The molecule has 0 aliphatic carbocycles. The normalized spacial score (nSPS) is 14.8. The number of fused-ring (bicyclic) bond motifs is 1. The Morgan fingerprint density at radius 3 is 1.57 bits per heavy atom. The van der Waals surface area contributed by atoms with Gasteiger partial charge in [-0.25, -0.2) is 4.79 Å². The van der Waals surface area contributed by atoms with Crippen LogP contribution >= 0.6 is 0 Å². The fraction of sp³-hybridized carbons (Fsp3) is 0.173. The van der Waals surface area contributed by atoms with Crippen LogP contribution in [0, 0.1) is 0 Å². The molecule has 0 N–H and O–H groups in total. The van der Waals surface area contributed by atoms with Crippen LogP contribution in [0.4, 0.5) is 0 Å². The zero-order chi connectivity index (χ0) is 40.9. The number of ether oxygens (including phenoxy) is 7. The molecule has 0 aromatic heterocycles. The maximum absolute atomic E-state index is 14.1. The molecule has 0 fully saturated rings. The Morgan fingerprint density at radius 1 is 0.550 bits per heavy atom. The molecule has 0 saturated heterocycles. The highest BCUT2D eigenvalue weighted by molar-refractivity contribution is 5.77. The number of carbonyl (C=O) groups excluding carboxylic acids is 1. The Labute approximate surface area is 350 Å². The van der Waals surface area contributed by atoms with Crippen LogP contribution in [0.15, 0.2) is 182 Å². The molecule has 0 amide bonds. The molecule has 1 heterocycles. The Bertz CT molecular complexity index is 2430. The topological polar surface area (TPSA) is 81.7 Å². The lowest BCUT2D eigenvalue weighted by Gasteiger charge is -2.35. The van der Waals surface area contributed by atoms with Gasteiger partial charge in [0.05, 0.1) is 0 Å². The molecular weight excluding hydrogens is 753 g/mol. The van der Waals surface area contributed by atoms with Crippen LogP contribution in [0.2, 0.25) is 0 Å². The summed E-state index contributed by atoms with van der Waals surface area (Å²) in [6.07, 6.45) is -2.22. The summed E-state index contributed by atoms with van der Waals surface area (Å²) in [5.74, 6) is 2.27. The fourth-order valence-electron chi connectivity index (χ4n) is 7.11. The van der Waals surface area contributed by atoms with Crippen LogP contribution < -0.4 is 23.7 Å². The molecular formula is C52H46O8. The number of hydrogen-bond acceptors (Lipinski definition) is 8. The predicted octanol–water partition coefficient (Wildman–Crippen LogP) is 11.0. The predicted molar refractivity (Wildman–Crippen MR) is 229 cm³/mol. The van der Waals surface area contributed by atoms with E-state index in [9.17, 15) is 4.79 Å². The van der Waals surface area contributed by atoms with Crippen molar-refractivity contribution in [1.29, 1.82) is 0 Å². The van der Waals surface area contributed by atoms with Crippen molar-refractivity contribution in [3.8, 4) is 28.7 Å². The number of benzene rings is 7. The third-order valence-electron chi connectivity index (χ3n) is 10.2. The van der Waals surface area contributed by atoms with Gasteiger partial charge in [-0.15, -0.1) is 0 Å². The number of hydrogen-bond donors (Lipinski definition) is 0. The van der Waals surface area contributed by atoms with Crippen LogP contribution in [0.25, 0.3) is 0 Å². The maximum Gasteiger partial charge on any atom is 0.340 e. The molecule has 60 heavy (non-hydrogen) atoms. The van der Waals surface area contributed by atoms with Gasteiger partial charge in [0.1, 0.15) is 49.8 Å². The van der Waals surface area contributed by atoms with Gasteiger partial charge in [-0.3, -0.25) is 0 Å². The number of esters is 1. The van der Waals surface area contributed by atoms with Crippen molar-refractivity contribution in [1.82, 2.24) is 0 Å². The van der Waals surface area contributed by atoms with Crippen LogP contribution in [0.1, 0.15) is 51.2 Å². The average molecular weight is 799 g/mol. The van der Waals surface area contributed by atoms with Gasteiger partial charge in [0.15, 0.2) is 23.7 Å². The summed E-state index contributed by atoms with van der Waals surface area (Å²) in [7, 11) is 1.50. The van der Waals surface area contributed by atoms with Crippen LogP contribution in [-0.2, 0) is 47.1 Å². The lowest BCUT2D eigenvalue weighted by atomic mass is 9.93. The molecule has 302 valence electrons. The molecule has 8 rings (SSSR count). The van der Waals surface area contributed by atoms with Crippen LogP contribution in [0.3, 0.4) is 0 Å². The summed E-state index contributed by atoms with van der Waals surface area (Å²) in [5, 5.41) is 0. The van der Waals surface area contributed by atoms with E-state index < -0.39 is 24.3 Å². The molecule has 0 saturated carbocycles. The zero-order valence-corrected chi connectivity index (χ0v) is 33.4. The smallest absolute Gasteiger partial charge is 0.340 e. The van der Waals surface area contributed by atoms with Crippen molar-refractivity contribution in [2.75, 3.05) is 7.11 Å². The summed E-state index contributed by atoms with van der Waals surface area (Å²) in [6.45, 7) is 1.34. The first-order chi connectivity index (χ1) is 29.6. The van der Waals surface area contributed by atoms with Crippen molar-refractivity contribution in [3.05, 3.63) is 221 Å². The maximum atomic E-state index is 14.1.